The van der Waals surface area contributed by atoms with Crippen molar-refractivity contribution in [2.45, 2.75) is 24.5 Å². The van der Waals surface area contributed by atoms with Gasteiger partial charge in [0, 0.05) is 32.4 Å². The van der Waals surface area contributed by atoms with Gasteiger partial charge in [0.1, 0.15) is 0 Å². The van der Waals surface area contributed by atoms with Crippen molar-refractivity contribution in [1.29, 1.82) is 0 Å². The third-order valence-corrected chi connectivity index (χ3v) is 5.34. The second kappa shape index (κ2) is 6.00. The Labute approximate surface area is 112 Å². The lowest BCUT2D eigenvalue weighted by Crippen LogP contribution is -2.39. The lowest BCUT2D eigenvalue weighted by Gasteiger charge is -2.30. The van der Waals surface area contributed by atoms with Crippen molar-refractivity contribution in [2.24, 2.45) is 5.92 Å². The van der Waals surface area contributed by atoms with E-state index in [0.717, 1.165) is 12.8 Å². The molecule has 0 amide bonds. The van der Waals surface area contributed by atoms with E-state index in [0.29, 0.717) is 31.2 Å². The van der Waals surface area contributed by atoms with Crippen molar-refractivity contribution in [1.82, 2.24) is 14.5 Å². The molecule has 2 rings (SSSR count). The first-order valence-corrected chi connectivity index (χ1v) is 7.65. The van der Waals surface area contributed by atoms with Crippen LogP contribution in [0.2, 0.25) is 0 Å². The van der Waals surface area contributed by atoms with Gasteiger partial charge in [-0.25, -0.2) is 8.42 Å². The third kappa shape index (κ3) is 2.97. The highest BCUT2D eigenvalue weighted by atomic mass is 32.2. The molecule has 0 atom stereocenters. The minimum Gasteiger partial charge on any atom is -0.392 e. The molecule has 1 aliphatic heterocycles. The van der Waals surface area contributed by atoms with E-state index in [2.05, 4.69) is 10.2 Å². The van der Waals surface area contributed by atoms with Crippen molar-refractivity contribution in [3.8, 4) is 0 Å². The lowest BCUT2D eigenvalue weighted by molar-refractivity contribution is 0.121. The molecule has 2 heterocycles. The number of rotatable bonds is 5. The van der Waals surface area contributed by atoms with Crippen molar-refractivity contribution in [3.05, 3.63) is 11.8 Å². The van der Waals surface area contributed by atoms with Crippen molar-refractivity contribution < 1.29 is 18.3 Å². The van der Waals surface area contributed by atoms with Gasteiger partial charge in [-0.15, -0.1) is 0 Å². The average molecular weight is 289 g/mol. The molecular weight excluding hydrogens is 270 g/mol. The quantitative estimate of drug-likeness (QED) is 0.792. The summed E-state index contributed by atoms with van der Waals surface area (Å²) in [4.78, 5) is 0. The van der Waals surface area contributed by atoms with E-state index in [4.69, 9.17) is 9.84 Å². The van der Waals surface area contributed by atoms with Crippen LogP contribution < -0.4 is 0 Å². The smallest absolute Gasteiger partial charge is 0.260 e. The largest absolute Gasteiger partial charge is 0.392 e. The van der Waals surface area contributed by atoms with E-state index in [-0.39, 0.29) is 11.6 Å². The number of aliphatic hydroxyl groups excluding tert-OH is 1. The fraction of sp³-hybridized carbons (Fsp3) is 0.727. The number of sulfonamides is 1. The highest BCUT2D eigenvalue weighted by molar-refractivity contribution is 7.89. The molecule has 7 nitrogen and oxygen atoms in total. The molecule has 0 aliphatic carbocycles. The summed E-state index contributed by atoms with van der Waals surface area (Å²) in [6, 6.07) is 0. The molecule has 0 radical (unpaired) electrons. The minimum absolute atomic E-state index is 0.000177. The monoisotopic (exact) mass is 289 g/mol. The first kappa shape index (κ1) is 14.4. The van der Waals surface area contributed by atoms with Gasteiger partial charge in [0.25, 0.3) is 10.0 Å². The molecule has 0 aromatic carbocycles. The van der Waals surface area contributed by atoms with E-state index in [1.165, 1.54) is 10.5 Å². The Morgan fingerprint density at radius 2 is 2.21 bits per heavy atom. The number of aliphatic hydroxyl groups is 1. The van der Waals surface area contributed by atoms with Gasteiger partial charge in [-0.05, 0) is 18.8 Å². The standard InChI is InChI=1S/C11H19N3O4S/c1-18-8-9-2-4-14(5-3-9)19(16,17)11-10(7-15)6-12-13-11/h6,9,15H,2-5,7-8H2,1H3,(H,12,13). The topological polar surface area (TPSA) is 95.5 Å². The summed E-state index contributed by atoms with van der Waals surface area (Å²) in [5, 5.41) is 15.3. The number of hydrogen-bond acceptors (Lipinski definition) is 5. The maximum Gasteiger partial charge on any atom is 0.260 e. The second-order valence-electron chi connectivity index (χ2n) is 4.69. The molecule has 8 heteroatoms. The molecule has 19 heavy (non-hydrogen) atoms. The summed E-state index contributed by atoms with van der Waals surface area (Å²) in [7, 11) is -1.93. The van der Waals surface area contributed by atoms with Crippen LogP contribution >= 0.6 is 0 Å². The number of methoxy groups -OCH3 is 1. The van der Waals surface area contributed by atoms with Crippen LogP contribution in [0, 0.1) is 5.92 Å². The number of ether oxygens (including phenoxy) is 1. The summed E-state index contributed by atoms with van der Waals surface area (Å²) in [5.41, 5.74) is 0.305. The van der Waals surface area contributed by atoms with Crippen molar-refractivity contribution in [3.63, 3.8) is 0 Å². The number of aromatic amines is 1. The summed E-state index contributed by atoms with van der Waals surface area (Å²) in [6.07, 6.45) is 2.91. The zero-order valence-corrected chi connectivity index (χ0v) is 11.7. The molecule has 0 saturated carbocycles. The van der Waals surface area contributed by atoms with Gasteiger partial charge < -0.3 is 9.84 Å². The molecule has 2 N–H and O–H groups in total. The predicted molar refractivity (Wildman–Crippen MR) is 67.9 cm³/mol. The zero-order valence-electron chi connectivity index (χ0n) is 10.9. The number of nitrogens with zero attached hydrogens (tertiary/aromatic N) is 2. The van der Waals surface area contributed by atoms with Gasteiger partial charge >= 0.3 is 0 Å². The molecular formula is C11H19N3O4S. The van der Waals surface area contributed by atoms with Gasteiger partial charge in [0.05, 0.1) is 12.8 Å². The number of H-pyrrole nitrogens is 1. The molecule has 108 valence electrons. The highest BCUT2D eigenvalue weighted by Crippen LogP contribution is 2.24. The molecule has 1 aromatic heterocycles. The number of aromatic nitrogens is 2. The van der Waals surface area contributed by atoms with E-state index in [9.17, 15) is 8.42 Å². The molecule has 1 aromatic rings. The fourth-order valence-electron chi connectivity index (χ4n) is 2.32. The van der Waals surface area contributed by atoms with Gasteiger partial charge in [0.2, 0.25) is 0 Å². The Kier molecular flexibility index (Phi) is 4.56. The molecule has 1 aliphatic rings. The fourth-order valence-corrected chi connectivity index (χ4v) is 3.88. The SMILES string of the molecule is COCC1CCN(S(=O)(=O)c2[nH]ncc2CO)CC1. The Bertz CT molecular complexity index is 506. The van der Waals surface area contributed by atoms with Crippen LogP contribution in [0.5, 0.6) is 0 Å². The van der Waals surface area contributed by atoms with Crippen LogP contribution in [0.25, 0.3) is 0 Å². The number of hydrogen-bond donors (Lipinski definition) is 2. The Balaban J connectivity index is 2.10. The predicted octanol–water partition coefficient (Wildman–Crippen LogP) is -0.0509. The first-order chi connectivity index (χ1) is 9.09. The molecule has 0 spiro atoms. The van der Waals surface area contributed by atoms with Gasteiger partial charge in [0.15, 0.2) is 5.03 Å². The Morgan fingerprint density at radius 3 is 2.79 bits per heavy atom. The van der Waals surface area contributed by atoms with Gasteiger partial charge in [-0.2, -0.15) is 9.40 Å². The van der Waals surface area contributed by atoms with Crippen LogP contribution in [0.15, 0.2) is 11.2 Å². The summed E-state index contributed by atoms with van der Waals surface area (Å²) < 4.78 is 31.3. The van der Waals surface area contributed by atoms with Crippen molar-refractivity contribution >= 4 is 10.0 Å². The summed E-state index contributed by atoms with van der Waals surface area (Å²) in [6.45, 7) is 1.27. The zero-order chi connectivity index (χ0) is 13.9. The average Bonchev–Trinajstić information content (AvgIpc) is 2.89. The summed E-state index contributed by atoms with van der Waals surface area (Å²) >= 11 is 0. The van der Waals surface area contributed by atoms with Crippen LogP contribution in [0.3, 0.4) is 0 Å². The number of nitrogens with one attached hydrogen (secondary N) is 1. The van der Waals surface area contributed by atoms with Crippen LogP contribution in [-0.4, -0.2) is 54.8 Å². The van der Waals surface area contributed by atoms with E-state index in [1.54, 1.807) is 7.11 Å². The Morgan fingerprint density at radius 1 is 1.53 bits per heavy atom. The normalized spacial score (nSPS) is 18.8. The molecule has 0 unspecified atom stereocenters. The second-order valence-corrected chi connectivity index (χ2v) is 6.56. The molecule has 1 fully saturated rings. The van der Waals surface area contributed by atoms with E-state index < -0.39 is 10.0 Å². The first-order valence-electron chi connectivity index (χ1n) is 6.21. The van der Waals surface area contributed by atoms with Crippen molar-refractivity contribution in [2.75, 3.05) is 26.8 Å². The maximum atomic E-state index is 12.4. The third-order valence-electron chi connectivity index (χ3n) is 3.42. The van der Waals surface area contributed by atoms with Gasteiger partial charge in [-0.1, -0.05) is 0 Å². The van der Waals surface area contributed by atoms with Crippen LogP contribution in [-0.2, 0) is 21.4 Å². The van der Waals surface area contributed by atoms with Crippen LogP contribution in [0.1, 0.15) is 18.4 Å². The number of piperidine rings is 1. The van der Waals surface area contributed by atoms with Crippen LogP contribution in [0.4, 0.5) is 0 Å². The maximum absolute atomic E-state index is 12.4. The minimum atomic E-state index is -3.59. The molecule has 1 saturated heterocycles. The summed E-state index contributed by atoms with van der Waals surface area (Å²) in [5.74, 6) is 0.413. The van der Waals surface area contributed by atoms with E-state index >= 15 is 0 Å². The lowest BCUT2D eigenvalue weighted by atomic mass is 9.99. The molecule has 0 bridgehead atoms. The van der Waals surface area contributed by atoms with E-state index in [1.807, 2.05) is 0 Å². The Hall–Kier alpha value is -0.960. The highest BCUT2D eigenvalue weighted by Gasteiger charge is 2.31. The van der Waals surface area contributed by atoms with Gasteiger partial charge in [-0.3, -0.25) is 5.10 Å².